The lowest BCUT2D eigenvalue weighted by Gasteiger charge is -2.16. The van der Waals surface area contributed by atoms with Crippen molar-refractivity contribution in [3.63, 3.8) is 0 Å². The summed E-state index contributed by atoms with van der Waals surface area (Å²) in [5.41, 5.74) is -1.79. The van der Waals surface area contributed by atoms with Crippen molar-refractivity contribution in [1.29, 1.82) is 0 Å². The number of hydrogen-bond acceptors (Lipinski definition) is 5. The molecule has 0 saturated heterocycles. The van der Waals surface area contributed by atoms with Crippen molar-refractivity contribution in [2.24, 2.45) is 0 Å². The van der Waals surface area contributed by atoms with E-state index in [1.807, 2.05) is 0 Å². The zero-order chi connectivity index (χ0) is 18.9. The van der Waals surface area contributed by atoms with E-state index in [1.54, 1.807) is 18.2 Å². The first-order valence-electron chi connectivity index (χ1n) is 7.07. The van der Waals surface area contributed by atoms with Crippen molar-refractivity contribution >= 4 is 34.4 Å². The minimum absolute atomic E-state index is 0.0826. The van der Waals surface area contributed by atoms with Gasteiger partial charge in [0.2, 0.25) is 6.79 Å². The lowest BCUT2D eigenvalue weighted by molar-refractivity contribution is -0.385. The van der Waals surface area contributed by atoms with Crippen LogP contribution < -0.4 is 20.1 Å². The van der Waals surface area contributed by atoms with Gasteiger partial charge in [0.25, 0.3) is 5.69 Å². The number of halogens is 3. The number of non-ortho nitro benzene ring substituents is 1. The van der Waals surface area contributed by atoms with Gasteiger partial charge < -0.3 is 20.1 Å². The van der Waals surface area contributed by atoms with Gasteiger partial charge in [0.15, 0.2) is 16.6 Å². The van der Waals surface area contributed by atoms with Crippen LogP contribution in [0.3, 0.4) is 0 Å². The molecule has 3 rings (SSSR count). The summed E-state index contributed by atoms with van der Waals surface area (Å²) >= 11 is 5.02. The molecule has 0 amide bonds. The van der Waals surface area contributed by atoms with Gasteiger partial charge in [-0.05, 0) is 30.4 Å². The maximum atomic E-state index is 13.2. The number of benzene rings is 2. The molecule has 0 unspecified atom stereocenters. The number of ether oxygens (including phenoxy) is 2. The average molecular weight is 385 g/mol. The molecule has 0 spiro atoms. The lowest BCUT2D eigenvalue weighted by Crippen LogP contribution is -2.21. The van der Waals surface area contributed by atoms with Gasteiger partial charge in [0.1, 0.15) is 0 Å². The van der Waals surface area contributed by atoms with Crippen molar-refractivity contribution in [3.05, 3.63) is 52.1 Å². The van der Waals surface area contributed by atoms with Crippen molar-refractivity contribution in [3.8, 4) is 11.5 Å². The third-order valence-corrected chi connectivity index (χ3v) is 3.60. The van der Waals surface area contributed by atoms with Gasteiger partial charge in [-0.2, -0.15) is 13.2 Å². The molecule has 2 aromatic rings. The second-order valence-corrected chi connectivity index (χ2v) is 5.54. The lowest BCUT2D eigenvalue weighted by atomic mass is 10.1. The Morgan fingerprint density at radius 1 is 1.12 bits per heavy atom. The largest absolute Gasteiger partial charge is 0.454 e. The first kappa shape index (κ1) is 17.7. The first-order chi connectivity index (χ1) is 12.2. The number of anilines is 2. The number of alkyl halides is 3. The molecule has 11 heteroatoms. The van der Waals surface area contributed by atoms with Crippen molar-refractivity contribution in [2.75, 3.05) is 17.4 Å². The van der Waals surface area contributed by atoms with E-state index in [9.17, 15) is 23.3 Å². The van der Waals surface area contributed by atoms with E-state index in [0.29, 0.717) is 23.3 Å². The van der Waals surface area contributed by atoms with E-state index < -0.39 is 28.0 Å². The number of nitro groups is 1. The Morgan fingerprint density at radius 2 is 1.85 bits per heavy atom. The molecule has 1 heterocycles. The Kier molecular flexibility index (Phi) is 4.55. The second kappa shape index (κ2) is 6.67. The molecule has 1 aliphatic rings. The number of nitrogens with one attached hydrogen (secondary N) is 2. The summed E-state index contributed by atoms with van der Waals surface area (Å²) < 4.78 is 49.8. The topological polar surface area (TPSA) is 85.7 Å². The highest BCUT2D eigenvalue weighted by Crippen LogP contribution is 2.37. The smallest absolute Gasteiger partial charge is 0.418 e. The summed E-state index contributed by atoms with van der Waals surface area (Å²) in [5, 5.41) is 15.7. The van der Waals surface area contributed by atoms with Crippen molar-refractivity contribution < 1.29 is 27.6 Å². The molecule has 0 aliphatic carbocycles. The summed E-state index contributed by atoms with van der Waals surface area (Å²) in [6.07, 6.45) is -4.79. The van der Waals surface area contributed by atoms with Crippen LogP contribution >= 0.6 is 12.2 Å². The molecule has 2 aromatic carbocycles. The molecule has 0 radical (unpaired) electrons. The van der Waals surface area contributed by atoms with Gasteiger partial charge in [-0.1, -0.05) is 0 Å². The van der Waals surface area contributed by atoms with Crippen LogP contribution in [0.5, 0.6) is 11.5 Å². The average Bonchev–Trinajstić information content (AvgIpc) is 3.01. The molecule has 0 saturated carbocycles. The highest BCUT2D eigenvalue weighted by Gasteiger charge is 2.35. The summed E-state index contributed by atoms with van der Waals surface area (Å²) in [6, 6.07) is 7.18. The number of fused-ring (bicyclic) bond motifs is 1. The number of nitrogens with zero attached hydrogens (tertiary/aromatic N) is 1. The molecule has 0 atom stereocenters. The maximum absolute atomic E-state index is 13.2. The van der Waals surface area contributed by atoms with Gasteiger partial charge in [-0.3, -0.25) is 10.1 Å². The van der Waals surface area contributed by atoms with Gasteiger partial charge >= 0.3 is 6.18 Å². The number of rotatable bonds is 3. The van der Waals surface area contributed by atoms with Crippen LogP contribution in [0.15, 0.2) is 36.4 Å². The van der Waals surface area contributed by atoms with E-state index in [1.165, 1.54) is 0 Å². The fourth-order valence-corrected chi connectivity index (χ4v) is 2.48. The van der Waals surface area contributed by atoms with E-state index in [-0.39, 0.29) is 11.9 Å². The number of thiocarbonyl (C=S) groups is 1. The van der Waals surface area contributed by atoms with E-state index >= 15 is 0 Å². The molecule has 0 aromatic heterocycles. The monoisotopic (exact) mass is 385 g/mol. The zero-order valence-corrected chi connectivity index (χ0v) is 13.6. The van der Waals surface area contributed by atoms with Gasteiger partial charge in [-0.15, -0.1) is 0 Å². The summed E-state index contributed by atoms with van der Waals surface area (Å²) in [4.78, 5) is 9.80. The quantitative estimate of drug-likeness (QED) is 0.466. The van der Waals surface area contributed by atoms with Crippen LogP contribution in [0.25, 0.3) is 0 Å². The zero-order valence-electron chi connectivity index (χ0n) is 12.8. The minimum atomic E-state index is -4.79. The SMILES string of the molecule is O=[N+]([O-])c1ccc(NC(=S)Nc2ccc3c(c2)OCO3)c(C(F)(F)F)c1. The molecule has 136 valence electrons. The minimum Gasteiger partial charge on any atom is -0.454 e. The highest BCUT2D eigenvalue weighted by molar-refractivity contribution is 7.80. The highest BCUT2D eigenvalue weighted by atomic mass is 32.1. The van der Waals surface area contributed by atoms with E-state index in [2.05, 4.69) is 10.6 Å². The third-order valence-electron chi connectivity index (χ3n) is 3.40. The normalized spacial score (nSPS) is 12.6. The van der Waals surface area contributed by atoms with Crippen molar-refractivity contribution in [2.45, 2.75) is 6.18 Å². The predicted octanol–water partition coefficient (Wildman–Crippen LogP) is 4.15. The predicted molar refractivity (Wildman–Crippen MR) is 90.5 cm³/mol. The maximum Gasteiger partial charge on any atom is 0.418 e. The molecule has 26 heavy (non-hydrogen) atoms. The Hall–Kier alpha value is -3.08. The summed E-state index contributed by atoms with van der Waals surface area (Å²) in [6.45, 7) is 0.0826. The molecule has 0 fully saturated rings. The van der Waals surface area contributed by atoms with E-state index in [4.69, 9.17) is 21.7 Å². The summed E-state index contributed by atoms with van der Waals surface area (Å²) in [7, 11) is 0. The van der Waals surface area contributed by atoms with E-state index in [0.717, 1.165) is 12.1 Å². The first-order valence-corrected chi connectivity index (χ1v) is 7.48. The molecular formula is C15H10F3N3O4S. The Balaban J connectivity index is 1.79. The van der Waals surface area contributed by atoms with Gasteiger partial charge in [0, 0.05) is 23.9 Å². The van der Waals surface area contributed by atoms with Crippen LogP contribution in [0, 0.1) is 10.1 Å². The van der Waals surface area contributed by atoms with Crippen LogP contribution in [0.4, 0.5) is 30.2 Å². The molecule has 0 bridgehead atoms. The fourth-order valence-electron chi connectivity index (χ4n) is 2.25. The Labute approximate surface area is 149 Å². The molecule has 7 nitrogen and oxygen atoms in total. The Morgan fingerprint density at radius 3 is 2.54 bits per heavy atom. The van der Waals surface area contributed by atoms with Gasteiger partial charge in [-0.25, -0.2) is 0 Å². The van der Waals surface area contributed by atoms with Crippen molar-refractivity contribution in [1.82, 2.24) is 0 Å². The van der Waals surface area contributed by atoms with Gasteiger partial charge in [0.05, 0.1) is 16.2 Å². The third kappa shape index (κ3) is 3.77. The second-order valence-electron chi connectivity index (χ2n) is 5.13. The molecule has 2 N–H and O–H groups in total. The fraction of sp³-hybridized carbons (Fsp3) is 0.133. The summed E-state index contributed by atoms with van der Waals surface area (Å²) in [5.74, 6) is 1.02. The number of nitro benzene ring substituents is 1. The standard InChI is InChI=1S/C15H10F3N3O4S/c16-15(17,18)10-6-9(21(22)23)2-3-11(10)20-14(26)19-8-1-4-12-13(5-8)25-7-24-12/h1-6H,7H2,(H2,19,20,26). The Bertz CT molecular complexity index is 889. The van der Waals surface area contributed by atoms with Crippen LogP contribution in [-0.2, 0) is 6.18 Å². The van der Waals surface area contributed by atoms with Crippen LogP contribution in [0.1, 0.15) is 5.56 Å². The number of hydrogen-bond donors (Lipinski definition) is 2. The van der Waals surface area contributed by atoms with Crippen LogP contribution in [-0.4, -0.2) is 16.8 Å². The molecular weight excluding hydrogens is 375 g/mol. The molecule has 1 aliphatic heterocycles. The van der Waals surface area contributed by atoms with Crippen LogP contribution in [0.2, 0.25) is 0 Å².